The van der Waals surface area contributed by atoms with Gasteiger partial charge in [0.2, 0.25) is 17.6 Å². The Morgan fingerprint density at radius 2 is 2.17 bits per heavy atom. The molecule has 1 atom stereocenters. The smallest absolute Gasteiger partial charge is 0.407 e. The van der Waals surface area contributed by atoms with E-state index in [-0.39, 0.29) is 12.0 Å². The van der Waals surface area contributed by atoms with Crippen LogP contribution in [0.5, 0.6) is 5.75 Å². The van der Waals surface area contributed by atoms with Crippen molar-refractivity contribution >= 4 is 12.0 Å². The number of hydrogen-bond donors (Lipinski definition) is 1. The van der Waals surface area contributed by atoms with E-state index in [1.165, 1.54) is 0 Å². The van der Waals surface area contributed by atoms with Gasteiger partial charge in [0.15, 0.2) is 0 Å². The summed E-state index contributed by atoms with van der Waals surface area (Å²) in [6.45, 7) is 1.75. The Morgan fingerprint density at radius 3 is 2.97 bits per heavy atom. The van der Waals surface area contributed by atoms with Crippen molar-refractivity contribution in [2.75, 3.05) is 26.7 Å². The van der Waals surface area contributed by atoms with Crippen molar-refractivity contribution in [3.05, 3.63) is 30.2 Å². The summed E-state index contributed by atoms with van der Waals surface area (Å²) in [6.07, 6.45) is 2.51. The zero-order chi connectivity index (χ0) is 20.3. The Balaban J connectivity index is 1.33. The highest BCUT2D eigenvalue weighted by Crippen LogP contribution is 2.30. The molecule has 1 aromatic carbocycles. The molecular formula is C20H24N4O5. The number of amides is 2. The lowest BCUT2D eigenvalue weighted by atomic mass is 9.95. The number of para-hydroxylation sites is 1. The zero-order valence-corrected chi connectivity index (χ0v) is 16.3. The molecule has 9 nitrogen and oxygen atoms in total. The summed E-state index contributed by atoms with van der Waals surface area (Å²) in [4.78, 5) is 30.3. The Bertz CT molecular complexity index is 899. The minimum absolute atomic E-state index is 0.0383. The SMILES string of the molecule is COc1ccccc1-c1noc(CCC(=O)N2CCCC3(CC2)CNC(=O)O3)n1. The van der Waals surface area contributed by atoms with E-state index >= 15 is 0 Å². The molecular weight excluding hydrogens is 376 g/mol. The van der Waals surface area contributed by atoms with E-state index in [0.29, 0.717) is 56.4 Å². The molecule has 2 aliphatic rings. The molecule has 2 aromatic rings. The first-order chi connectivity index (χ1) is 14.1. The molecule has 1 unspecified atom stereocenters. The van der Waals surface area contributed by atoms with E-state index in [4.69, 9.17) is 14.0 Å². The summed E-state index contributed by atoms with van der Waals surface area (Å²) >= 11 is 0. The van der Waals surface area contributed by atoms with Gasteiger partial charge in [-0.1, -0.05) is 17.3 Å². The van der Waals surface area contributed by atoms with Crippen LogP contribution >= 0.6 is 0 Å². The predicted octanol–water partition coefficient (Wildman–Crippen LogP) is 2.17. The van der Waals surface area contributed by atoms with Gasteiger partial charge in [-0.15, -0.1) is 0 Å². The number of aryl methyl sites for hydroxylation is 1. The van der Waals surface area contributed by atoms with Crippen molar-refractivity contribution < 1.29 is 23.6 Å². The lowest BCUT2D eigenvalue weighted by molar-refractivity contribution is -0.131. The molecule has 0 radical (unpaired) electrons. The van der Waals surface area contributed by atoms with Crippen LogP contribution in [0.15, 0.2) is 28.8 Å². The topological polar surface area (TPSA) is 107 Å². The Morgan fingerprint density at radius 1 is 1.31 bits per heavy atom. The molecule has 2 fully saturated rings. The highest BCUT2D eigenvalue weighted by Gasteiger charge is 2.41. The summed E-state index contributed by atoms with van der Waals surface area (Å²) < 4.78 is 16.1. The molecule has 2 saturated heterocycles. The first kappa shape index (κ1) is 19.2. The fourth-order valence-electron chi connectivity index (χ4n) is 3.87. The van der Waals surface area contributed by atoms with Crippen molar-refractivity contribution in [2.45, 2.75) is 37.7 Å². The average Bonchev–Trinajstić information content (AvgIpc) is 3.29. The lowest BCUT2D eigenvalue weighted by Crippen LogP contribution is -2.36. The maximum absolute atomic E-state index is 12.7. The van der Waals surface area contributed by atoms with E-state index in [2.05, 4.69) is 15.5 Å². The number of likely N-dealkylation sites (tertiary alicyclic amines) is 1. The van der Waals surface area contributed by atoms with Gasteiger partial charge in [0.25, 0.3) is 0 Å². The van der Waals surface area contributed by atoms with Crippen LogP contribution in [0.3, 0.4) is 0 Å². The summed E-state index contributed by atoms with van der Waals surface area (Å²) in [5.74, 6) is 1.56. The summed E-state index contributed by atoms with van der Waals surface area (Å²) in [5.41, 5.74) is 0.274. The van der Waals surface area contributed by atoms with Crippen molar-refractivity contribution in [3.63, 3.8) is 0 Å². The second kappa shape index (κ2) is 8.10. The molecule has 29 heavy (non-hydrogen) atoms. The number of benzene rings is 1. The number of methoxy groups -OCH3 is 1. The van der Waals surface area contributed by atoms with Gasteiger partial charge in [0.1, 0.15) is 11.4 Å². The molecule has 9 heteroatoms. The number of aromatic nitrogens is 2. The monoisotopic (exact) mass is 400 g/mol. The third-order valence-corrected chi connectivity index (χ3v) is 5.48. The van der Waals surface area contributed by atoms with Gasteiger partial charge in [0, 0.05) is 32.4 Å². The van der Waals surface area contributed by atoms with E-state index in [1.807, 2.05) is 29.2 Å². The molecule has 2 aliphatic heterocycles. The standard InChI is InChI=1S/C20H24N4O5/c1-27-15-6-3-2-5-14(15)18-22-16(29-23-18)7-8-17(25)24-11-4-9-20(10-12-24)13-21-19(26)28-20/h2-3,5-6H,4,7-13H2,1H3,(H,21,26). The van der Waals surface area contributed by atoms with Crippen molar-refractivity contribution in [1.82, 2.24) is 20.4 Å². The Labute approximate surface area is 168 Å². The average molecular weight is 400 g/mol. The predicted molar refractivity (Wildman–Crippen MR) is 102 cm³/mol. The quantitative estimate of drug-likeness (QED) is 0.820. The second-order valence-corrected chi connectivity index (χ2v) is 7.37. The van der Waals surface area contributed by atoms with Crippen LogP contribution in [-0.2, 0) is 16.0 Å². The highest BCUT2D eigenvalue weighted by molar-refractivity contribution is 5.76. The van der Waals surface area contributed by atoms with Crippen molar-refractivity contribution in [3.8, 4) is 17.1 Å². The first-order valence-electron chi connectivity index (χ1n) is 9.79. The largest absolute Gasteiger partial charge is 0.496 e. The Hall–Kier alpha value is -3.10. The van der Waals surface area contributed by atoms with Crippen LogP contribution < -0.4 is 10.1 Å². The van der Waals surface area contributed by atoms with E-state index in [9.17, 15) is 9.59 Å². The van der Waals surface area contributed by atoms with Gasteiger partial charge >= 0.3 is 6.09 Å². The van der Waals surface area contributed by atoms with Crippen LogP contribution in [0, 0.1) is 0 Å². The van der Waals surface area contributed by atoms with Crippen molar-refractivity contribution in [1.29, 1.82) is 0 Å². The molecule has 0 saturated carbocycles. The number of nitrogens with zero attached hydrogens (tertiary/aromatic N) is 3. The van der Waals surface area contributed by atoms with Gasteiger partial charge in [0.05, 0.1) is 19.2 Å². The first-order valence-corrected chi connectivity index (χ1v) is 9.79. The number of carbonyl (C=O) groups is 2. The third-order valence-electron chi connectivity index (χ3n) is 5.48. The van der Waals surface area contributed by atoms with Gasteiger partial charge in [-0.3, -0.25) is 4.79 Å². The van der Waals surface area contributed by atoms with Gasteiger partial charge in [-0.25, -0.2) is 4.79 Å². The number of rotatable bonds is 5. The molecule has 0 aliphatic carbocycles. The number of ether oxygens (including phenoxy) is 2. The van der Waals surface area contributed by atoms with Crippen molar-refractivity contribution in [2.24, 2.45) is 0 Å². The summed E-state index contributed by atoms with van der Waals surface area (Å²) in [6, 6.07) is 7.44. The molecule has 4 rings (SSSR count). The summed E-state index contributed by atoms with van der Waals surface area (Å²) in [7, 11) is 1.59. The lowest BCUT2D eigenvalue weighted by Gasteiger charge is -2.24. The zero-order valence-electron chi connectivity index (χ0n) is 16.3. The maximum atomic E-state index is 12.7. The number of nitrogens with one attached hydrogen (secondary N) is 1. The van der Waals surface area contributed by atoms with Crippen LogP contribution in [-0.4, -0.2) is 59.4 Å². The molecule has 1 N–H and O–H groups in total. The highest BCUT2D eigenvalue weighted by atomic mass is 16.6. The fraction of sp³-hybridized carbons (Fsp3) is 0.500. The molecule has 154 valence electrons. The summed E-state index contributed by atoms with van der Waals surface area (Å²) in [5, 5.41) is 6.73. The van der Waals surface area contributed by atoms with E-state index in [1.54, 1.807) is 7.11 Å². The van der Waals surface area contributed by atoms with Crippen LogP contribution in [0.1, 0.15) is 31.6 Å². The van der Waals surface area contributed by atoms with Crippen LogP contribution in [0.4, 0.5) is 4.79 Å². The Kier molecular flexibility index (Phi) is 5.37. The van der Waals surface area contributed by atoms with E-state index < -0.39 is 5.60 Å². The molecule has 2 amide bonds. The number of carbonyl (C=O) groups excluding carboxylic acids is 2. The number of alkyl carbamates (subject to hydrolysis) is 1. The molecule has 1 spiro atoms. The fourth-order valence-corrected chi connectivity index (χ4v) is 3.87. The van der Waals surface area contributed by atoms with Gasteiger partial charge in [-0.2, -0.15) is 4.98 Å². The minimum Gasteiger partial charge on any atom is -0.496 e. The van der Waals surface area contributed by atoms with Gasteiger partial charge in [-0.05, 0) is 25.0 Å². The minimum atomic E-state index is -0.470. The van der Waals surface area contributed by atoms with E-state index in [0.717, 1.165) is 18.4 Å². The van der Waals surface area contributed by atoms with Crippen LogP contribution in [0.25, 0.3) is 11.4 Å². The van der Waals surface area contributed by atoms with Crippen LogP contribution in [0.2, 0.25) is 0 Å². The van der Waals surface area contributed by atoms with Gasteiger partial charge < -0.3 is 24.2 Å². The normalized spacial score (nSPS) is 21.6. The second-order valence-electron chi connectivity index (χ2n) is 7.37. The number of hydrogen-bond acceptors (Lipinski definition) is 7. The molecule has 0 bridgehead atoms. The molecule has 1 aromatic heterocycles. The molecule has 3 heterocycles. The third kappa shape index (κ3) is 4.18. The maximum Gasteiger partial charge on any atom is 0.407 e.